The molecule has 174 valence electrons. The molecule has 1 aliphatic rings. The van der Waals surface area contributed by atoms with E-state index in [1.165, 1.54) is 5.69 Å². The van der Waals surface area contributed by atoms with Gasteiger partial charge in [0.1, 0.15) is 5.75 Å². The summed E-state index contributed by atoms with van der Waals surface area (Å²) in [5, 5.41) is 3.97. The van der Waals surface area contributed by atoms with Gasteiger partial charge in [0, 0.05) is 50.2 Å². The Morgan fingerprint density at radius 1 is 1.06 bits per heavy atom. The molecule has 2 heterocycles. The van der Waals surface area contributed by atoms with Crippen molar-refractivity contribution in [2.75, 3.05) is 43.4 Å². The number of rotatable bonds is 7. The molecule has 7 heteroatoms. The fraction of sp³-hybridized carbons (Fsp3) is 0.385. The summed E-state index contributed by atoms with van der Waals surface area (Å²) in [6.45, 7) is 10.3. The number of likely N-dealkylation sites (N-methyl/N-ethyl adjacent to an activating group) is 1. The van der Waals surface area contributed by atoms with Gasteiger partial charge in [0.2, 0.25) is 5.95 Å². The molecule has 0 unspecified atom stereocenters. The maximum atomic E-state index is 6.29. The minimum atomic E-state index is 0.0666. The number of hydrogen-bond donors (Lipinski definition) is 1. The van der Waals surface area contributed by atoms with Gasteiger partial charge in [0.25, 0.3) is 0 Å². The van der Waals surface area contributed by atoms with Crippen LogP contribution < -0.4 is 15.0 Å². The van der Waals surface area contributed by atoms with Gasteiger partial charge in [0.15, 0.2) is 0 Å². The molecule has 1 fully saturated rings. The van der Waals surface area contributed by atoms with Gasteiger partial charge in [0.05, 0.1) is 16.8 Å². The summed E-state index contributed by atoms with van der Waals surface area (Å²) in [7, 11) is 2.17. The standard InChI is InChI=1S/C26H32ClN5O/c1-18(2)33-25-16-20(5-10-23(25)27)15-24-19(3)17-28-26(30-24)29-21-6-8-22(9-7-21)32-13-11-31(4)12-14-32/h5-10,16-18H,11-15H2,1-4H3,(H,28,29,30). The zero-order valence-electron chi connectivity index (χ0n) is 19.8. The largest absolute Gasteiger partial charge is 0.489 e. The van der Waals surface area contributed by atoms with Crippen LogP contribution in [0.4, 0.5) is 17.3 Å². The zero-order valence-corrected chi connectivity index (χ0v) is 20.6. The van der Waals surface area contributed by atoms with Crippen molar-refractivity contribution in [1.29, 1.82) is 0 Å². The second kappa shape index (κ2) is 10.4. The number of aromatic nitrogens is 2. The molecule has 33 heavy (non-hydrogen) atoms. The highest BCUT2D eigenvalue weighted by Crippen LogP contribution is 2.28. The summed E-state index contributed by atoms with van der Waals surface area (Å²) < 4.78 is 5.83. The molecule has 0 atom stereocenters. The van der Waals surface area contributed by atoms with Crippen molar-refractivity contribution < 1.29 is 4.74 Å². The fourth-order valence-corrected chi connectivity index (χ4v) is 4.02. The van der Waals surface area contributed by atoms with Gasteiger partial charge in [-0.15, -0.1) is 0 Å². The monoisotopic (exact) mass is 465 g/mol. The highest BCUT2D eigenvalue weighted by atomic mass is 35.5. The van der Waals surface area contributed by atoms with Gasteiger partial charge in [-0.05, 0) is 75.3 Å². The van der Waals surface area contributed by atoms with E-state index in [1.54, 1.807) is 0 Å². The van der Waals surface area contributed by atoms with Gasteiger partial charge in [-0.3, -0.25) is 0 Å². The van der Waals surface area contributed by atoms with Crippen molar-refractivity contribution in [1.82, 2.24) is 14.9 Å². The van der Waals surface area contributed by atoms with Crippen LogP contribution in [-0.2, 0) is 6.42 Å². The number of ether oxygens (including phenoxy) is 1. The summed E-state index contributed by atoms with van der Waals surface area (Å²) in [6, 6.07) is 14.4. The van der Waals surface area contributed by atoms with Gasteiger partial charge < -0.3 is 19.9 Å². The predicted octanol–water partition coefficient (Wildman–Crippen LogP) is 5.31. The van der Waals surface area contributed by atoms with Crippen LogP contribution >= 0.6 is 11.6 Å². The van der Waals surface area contributed by atoms with Crippen LogP contribution in [0, 0.1) is 6.92 Å². The van der Waals surface area contributed by atoms with Gasteiger partial charge in [-0.25, -0.2) is 9.97 Å². The molecule has 0 aliphatic carbocycles. The van der Waals surface area contributed by atoms with E-state index >= 15 is 0 Å². The molecule has 0 bridgehead atoms. The third-order valence-corrected chi connectivity index (χ3v) is 6.11. The van der Waals surface area contributed by atoms with E-state index in [0.717, 1.165) is 48.7 Å². The number of nitrogens with one attached hydrogen (secondary N) is 1. The van der Waals surface area contributed by atoms with E-state index in [-0.39, 0.29) is 6.10 Å². The van der Waals surface area contributed by atoms with E-state index in [0.29, 0.717) is 23.1 Å². The Hall–Kier alpha value is -2.83. The Kier molecular flexibility index (Phi) is 7.36. The van der Waals surface area contributed by atoms with Crippen LogP contribution in [0.5, 0.6) is 5.75 Å². The number of aryl methyl sites for hydroxylation is 1. The number of piperazine rings is 1. The van der Waals surface area contributed by atoms with Crippen molar-refractivity contribution in [3.8, 4) is 5.75 Å². The molecule has 1 saturated heterocycles. The van der Waals surface area contributed by atoms with E-state index in [1.807, 2.05) is 45.2 Å². The first-order valence-corrected chi connectivity index (χ1v) is 11.8. The molecule has 0 amide bonds. The van der Waals surface area contributed by atoms with Crippen LogP contribution in [0.25, 0.3) is 0 Å². The smallest absolute Gasteiger partial charge is 0.227 e. The Morgan fingerprint density at radius 2 is 1.79 bits per heavy atom. The lowest BCUT2D eigenvalue weighted by Crippen LogP contribution is -2.44. The number of halogens is 1. The van der Waals surface area contributed by atoms with E-state index in [2.05, 4.69) is 51.4 Å². The third kappa shape index (κ3) is 6.15. The van der Waals surface area contributed by atoms with Crippen molar-refractivity contribution >= 4 is 28.9 Å². The summed E-state index contributed by atoms with van der Waals surface area (Å²) in [5.41, 5.74) is 5.34. The number of nitrogens with zero attached hydrogens (tertiary/aromatic N) is 4. The van der Waals surface area contributed by atoms with Crippen LogP contribution in [-0.4, -0.2) is 54.2 Å². The molecule has 0 radical (unpaired) electrons. The third-order valence-electron chi connectivity index (χ3n) is 5.80. The summed E-state index contributed by atoms with van der Waals surface area (Å²) in [4.78, 5) is 14.1. The fourth-order valence-electron chi connectivity index (χ4n) is 3.86. The highest BCUT2D eigenvalue weighted by molar-refractivity contribution is 6.32. The molecule has 6 nitrogen and oxygen atoms in total. The minimum Gasteiger partial charge on any atom is -0.489 e. The lowest BCUT2D eigenvalue weighted by molar-refractivity contribution is 0.242. The first-order chi connectivity index (χ1) is 15.9. The second-order valence-electron chi connectivity index (χ2n) is 8.89. The van der Waals surface area contributed by atoms with Crippen LogP contribution in [0.2, 0.25) is 5.02 Å². The van der Waals surface area contributed by atoms with Crippen LogP contribution in [0.3, 0.4) is 0 Å². The van der Waals surface area contributed by atoms with Crippen molar-refractivity contribution in [3.63, 3.8) is 0 Å². The Labute approximate surface area is 201 Å². The van der Waals surface area contributed by atoms with Crippen molar-refractivity contribution in [2.45, 2.75) is 33.3 Å². The molecule has 1 N–H and O–H groups in total. The van der Waals surface area contributed by atoms with Crippen molar-refractivity contribution in [3.05, 3.63) is 70.5 Å². The average molecular weight is 466 g/mol. The molecule has 1 aromatic heterocycles. The lowest BCUT2D eigenvalue weighted by atomic mass is 10.1. The van der Waals surface area contributed by atoms with E-state index in [4.69, 9.17) is 21.3 Å². The SMILES string of the molecule is Cc1cnc(Nc2ccc(N3CCN(C)CC3)cc2)nc1Cc1ccc(Cl)c(OC(C)C)c1. The Bertz CT molecular complexity index is 1080. The highest BCUT2D eigenvalue weighted by Gasteiger charge is 2.14. The Morgan fingerprint density at radius 3 is 2.48 bits per heavy atom. The molecule has 4 rings (SSSR count). The molecule has 2 aromatic carbocycles. The molecule has 3 aromatic rings. The molecule has 0 saturated carbocycles. The molecular weight excluding hydrogens is 434 g/mol. The van der Waals surface area contributed by atoms with E-state index < -0.39 is 0 Å². The average Bonchev–Trinajstić information content (AvgIpc) is 2.79. The summed E-state index contributed by atoms with van der Waals surface area (Å²) in [5.74, 6) is 1.30. The van der Waals surface area contributed by atoms with Crippen LogP contribution in [0.1, 0.15) is 30.7 Å². The molecule has 0 spiro atoms. The maximum Gasteiger partial charge on any atom is 0.227 e. The topological polar surface area (TPSA) is 53.5 Å². The summed E-state index contributed by atoms with van der Waals surface area (Å²) >= 11 is 6.29. The normalized spacial score (nSPS) is 14.5. The quantitative estimate of drug-likeness (QED) is 0.510. The lowest BCUT2D eigenvalue weighted by Gasteiger charge is -2.34. The summed E-state index contributed by atoms with van der Waals surface area (Å²) in [6.07, 6.45) is 2.61. The van der Waals surface area contributed by atoms with Gasteiger partial charge in [-0.1, -0.05) is 17.7 Å². The number of hydrogen-bond acceptors (Lipinski definition) is 6. The first kappa shape index (κ1) is 23.3. The maximum absolute atomic E-state index is 6.29. The second-order valence-corrected chi connectivity index (χ2v) is 9.30. The van der Waals surface area contributed by atoms with Crippen molar-refractivity contribution in [2.24, 2.45) is 0 Å². The molecule has 1 aliphatic heterocycles. The molecular formula is C26H32ClN5O. The number of anilines is 3. The Balaban J connectivity index is 1.45. The number of benzene rings is 2. The van der Waals surface area contributed by atoms with Gasteiger partial charge >= 0.3 is 0 Å². The van der Waals surface area contributed by atoms with Crippen LogP contribution in [0.15, 0.2) is 48.7 Å². The zero-order chi connectivity index (χ0) is 23.4. The van der Waals surface area contributed by atoms with E-state index in [9.17, 15) is 0 Å². The minimum absolute atomic E-state index is 0.0666. The van der Waals surface area contributed by atoms with Gasteiger partial charge in [-0.2, -0.15) is 0 Å². The predicted molar refractivity (Wildman–Crippen MR) is 136 cm³/mol. The first-order valence-electron chi connectivity index (χ1n) is 11.5.